The van der Waals surface area contributed by atoms with Crippen molar-refractivity contribution in [2.24, 2.45) is 5.10 Å². The number of rotatable bonds is 5. The molecule has 166 valence electrons. The predicted molar refractivity (Wildman–Crippen MR) is 107 cm³/mol. The van der Waals surface area contributed by atoms with E-state index in [0.717, 1.165) is 12.1 Å². The monoisotopic (exact) mass is 425 g/mol. The zero-order chi connectivity index (χ0) is 22.1. The molecule has 2 atom stereocenters. The van der Waals surface area contributed by atoms with E-state index >= 15 is 0 Å². The van der Waals surface area contributed by atoms with E-state index in [2.05, 4.69) is 10.4 Å². The number of piperazine rings is 1. The van der Waals surface area contributed by atoms with Gasteiger partial charge in [0.25, 0.3) is 0 Å². The van der Waals surface area contributed by atoms with Gasteiger partial charge < -0.3 is 15.2 Å². The Kier molecular flexibility index (Phi) is 6.30. The number of hydrogen-bond acceptors (Lipinski definition) is 8. The molecule has 30 heavy (non-hydrogen) atoms. The Morgan fingerprint density at radius 3 is 2.73 bits per heavy atom. The van der Waals surface area contributed by atoms with Gasteiger partial charge in [-0.1, -0.05) is 6.07 Å². The number of hydrogen-bond donors (Lipinski definition) is 2. The van der Waals surface area contributed by atoms with Crippen molar-refractivity contribution in [1.82, 2.24) is 20.3 Å². The lowest BCUT2D eigenvalue weighted by molar-refractivity contribution is -0.169. The quantitative estimate of drug-likeness (QED) is 0.687. The first-order chi connectivity index (χ1) is 14.0. The van der Waals surface area contributed by atoms with Crippen LogP contribution in [0.1, 0.15) is 33.3 Å². The van der Waals surface area contributed by atoms with Gasteiger partial charge in [-0.05, 0) is 33.8 Å². The summed E-state index contributed by atoms with van der Waals surface area (Å²) in [4.78, 5) is 12.6. The number of hydrazine groups is 1. The van der Waals surface area contributed by atoms with Gasteiger partial charge in [0.2, 0.25) is 0 Å². The molecule has 1 aromatic rings. The van der Waals surface area contributed by atoms with Crippen LogP contribution in [0, 0.1) is 11.6 Å². The van der Waals surface area contributed by atoms with E-state index in [0.29, 0.717) is 19.6 Å². The minimum Gasteiger partial charge on any atom is -0.459 e. The van der Waals surface area contributed by atoms with E-state index in [9.17, 15) is 18.7 Å². The number of halogens is 2. The van der Waals surface area contributed by atoms with E-state index in [4.69, 9.17) is 4.74 Å². The van der Waals surface area contributed by atoms with Gasteiger partial charge in [-0.15, -0.1) is 0 Å². The summed E-state index contributed by atoms with van der Waals surface area (Å²) in [5, 5.41) is 23.5. The molecule has 0 bridgehead atoms. The smallest absolute Gasteiger partial charge is 0.327 e. The van der Waals surface area contributed by atoms with Crippen molar-refractivity contribution in [3.05, 3.63) is 35.4 Å². The molecule has 0 saturated carbocycles. The topological polar surface area (TPSA) is 80.6 Å². The number of ether oxygens (including phenoxy) is 1. The summed E-state index contributed by atoms with van der Waals surface area (Å²) in [6.07, 6.45) is 1.57. The molecular weight excluding hydrogens is 396 g/mol. The average Bonchev–Trinajstić information content (AvgIpc) is 3.07. The summed E-state index contributed by atoms with van der Waals surface area (Å²) in [6, 6.07) is 2.57. The van der Waals surface area contributed by atoms with Crippen LogP contribution < -0.4 is 5.32 Å². The summed E-state index contributed by atoms with van der Waals surface area (Å²) in [5.41, 5.74) is -2.19. The van der Waals surface area contributed by atoms with Gasteiger partial charge in [0.05, 0.1) is 6.54 Å². The third-order valence-corrected chi connectivity index (χ3v) is 4.88. The second kappa shape index (κ2) is 8.44. The maximum absolute atomic E-state index is 14.1. The van der Waals surface area contributed by atoms with Gasteiger partial charge in [0.1, 0.15) is 41.9 Å². The lowest BCUT2D eigenvalue weighted by Gasteiger charge is -2.40. The zero-order valence-electron chi connectivity index (χ0n) is 17.7. The fourth-order valence-electron chi connectivity index (χ4n) is 3.55. The number of carbonyl (C=O) groups is 1. The normalized spacial score (nSPS) is 22.3. The third kappa shape index (κ3) is 5.24. The number of aliphatic hydroxyl groups is 1. The molecule has 2 aliphatic heterocycles. The van der Waals surface area contributed by atoms with Crippen molar-refractivity contribution >= 4 is 12.3 Å². The molecule has 2 unspecified atom stereocenters. The van der Waals surface area contributed by atoms with Crippen LogP contribution in [0.5, 0.6) is 0 Å². The molecule has 2 heterocycles. The zero-order valence-corrected chi connectivity index (χ0v) is 17.7. The van der Waals surface area contributed by atoms with Crippen LogP contribution in [0.4, 0.5) is 8.78 Å². The summed E-state index contributed by atoms with van der Waals surface area (Å²) in [5.74, 6) is -1.85. The molecule has 3 rings (SSSR count). The third-order valence-electron chi connectivity index (χ3n) is 4.88. The predicted octanol–water partition coefficient (Wildman–Crippen LogP) is 1.22. The largest absolute Gasteiger partial charge is 0.459 e. The Morgan fingerprint density at radius 1 is 1.33 bits per heavy atom. The molecule has 1 aromatic carbocycles. The highest BCUT2D eigenvalue weighted by Gasteiger charge is 2.38. The Hall–Kier alpha value is -2.30. The number of esters is 1. The summed E-state index contributed by atoms with van der Waals surface area (Å²) in [7, 11) is 0. The number of nitrogens with one attached hydrogen (secondary N) is 1. The average molecular weight is 425 g/mol. The van der Waals surface area contributed by atoms with Crippen LogP contribution in [0.15, 0.2) is 23.3 Å². The van der Waals surface area contributed by atoms with E-state index in [1.165, 1.54) is 13.0 Å². The summed E-state index contributed by atoms with van der Waals surface area (Å²) >= 11 is 0. The molecule has 8 nitrogen and oxygen atoms in total. The van der Waals surface area contributed by atoms with Crippen molar-refractivity contribution < 1.29 is 23.4 Å². The summed E-state index contributed by atoms with van der Waals surface area (Å²) < 4.78 is 32.9. The highest BCUT2D eigenvalue weighted by Crippen LogP contribution is 2.26. The van der Waals surface area contributed by atoms with E-state index in [1.807, 2.05) is 25.8 Å². The number of carbonyl (C=O) groups excluding carboxylic acids is 1. The minimum absolute atomic E-state index is 0.00801. The Balaban J connectivity index is 1.66. The second-order valence-corrected chi connectivity index (χ2v) is 8.79. The van der Waals surface area contributed by atoms with Crippen molar-refractivity contribution in [1.29, 1.82) is 0 Å². The summed E-state index contributed by atoms with van der Waals surface area (Å²) in [6.45, 7) is 8.90. The van der Waals surface area contributed by atoms with E-state index < -0.39 is 28.9 Å². The number of hydrazone groups is 1. The highest BCUT2D eigenvalue weighted by atomic mass is 19.1. The molecule has 1 fully saturated rings. The fourth-order valence-corrected chi connectivity index (χ4v) is 3.55. The molecule has 2 N–H and O–H groups in total. The van der Waals surface area contributed by atoms with Crippen LogP contribution in [-0.4, -0.2) is 76.9 Å². The second-order valence-electron chi connectivity index (χ2n) is 8.79. The molecule has 0 spiro atoms. The van der Waals surface area contributed by atoms with Crippen LogP contribution in [0.2, 0.25) is 0 Å². The van der Waals surface area contributed by atoms with Crippen molar-refractivity contribution in [3.63, 3.8) is 0 Å². The first-order valence-corrected chi connectivity index (χ1v) is 9.90. The van der Waals surface area contributed by atoms with Crippen molar-refractivity contribution in [2.75, 3.05) is 32.8 Å². The molecule has 0 aliphatic carbocycles. The van der Waals surface area contributed by atoms with Crippen LogP contribution in [0.25, 0.3) is 0 Å². The standard InChI is InChI=1S/C20H29F2N5O3/c1-19(2,3)30-18(28)17-10-23-7-8-27(17)26-12-24-25(13-26)11-20(4,29)15-6-5-14(21)9-16(15)22/h5-6,9,12,17,23,29H,7-8,10-11,13H2,1-4H3. The Labute approximate surface area is 175 Å². The Bertz CT molecular complexity index is 812. The fraction of sp³-hybridized carbons (Fsp3) is 0.600. The molecule has 0 amide bonds. The van der Waals surface area contributed by atoms with Gasteiger partial charge in [0.15, 0.2) is 0 Å². The van der Waals surface area contributed by atoms with Gasteiger partial charge in [0, 0.05) is 31.3 Å². The van der Waals surface area contributed by atoms with Crippen LogP contribution in [-0.2, 0) is 15.1 Å². The molecule has 2 aliphatic rings. The van der Waals surface area contributed by atoms with Gasteiger partial charge in [-0.25, -0.2) is 13.8 Å². The lowest BCUT2D eigenvalue weighted by Crippen LogP contribution is -2.61. The van der Waals surface area contributed by atoms with Crippen LogP contribution in [0.3, 0.4) is 0 Å². The Morgan fingerprint density at radius 2 is 2.07 bits per heavy atom. The van der Waals surface area contributed by atoms with Gasteiger partial charge in [-0.2, -0.15) is 5.10 Å². The molecular formula is C20H29F2N5O3. The number of benzene rings is 1. The molecule has 10 heteroatoms. The molecule has 0 aromatic heterocycles. The molecule has 0 radical (unpaired) electrons. The maximum atomic E-state index is 14.1. The minimum atomic E-state index is -1.58. The van der Waals surface area contributed by atoms with Gasteiger partial charge >= 0.3 is 5.97 Å². The van der Waals surface area contributed by atoms with Gasteiger partial charge in [-0.3, -0.25) is 14.8 Å². The number of β-amino-alcohol motifs (C(OH)–C–C–N with tert-alkyl or cyclic N) is 1. The van der Waals surface area contributed by atoms with Crippen LogP contribution >= 0.6 is 0 Å². The molecule has 1 saturated heterocycles. The maximum Gasteiger partial charge on any atom is 0.327 e. The highest BCUT2D eigenvalue weighted by molar-refractivity contribution is 5.77. The SMILES string of the molecule is CC(C)(C)OC(=O)C1CNCCN1N1C=NN(CC(C)(O)c2ccc(F)cc2F)C1. The van der Waals surface area contributed by atoms with E-state index in [1.54, 1.807) is 16.4 Å². The van der Waals surface area contributed by atoms with Crippen molar-refractivity contribution in [3.8, 4) is 0 Å². The first kappa shape index (κ1) is 22.4. The van der Waals surface area contributed by atoms with E-state index in [-0.39, 0.29) is 24.7 Å². The van der Waals surface area contributed by atoms with Crippen molar-refractivity contribution in [2.45, 2.75) is 44.9 Å². The lowest BCUT2D eigenvalue weighted by atomic mass is 9.95. The number of nitrogens with zero attached hydrogens (tertiary/aromatic N) is 4. The first-order valence-electron chi connectivity index (χ1n) is 9.90.